The van der Waals surface area contributed by atoms with Crippen LogP contribution in [0, 0.1) is 11.3 Å². The van der Waals surface area contributed by atoms with Crippen molar-refractivity contribution in [2.75, 3.05) is 6.61 Å². The molecule has 0 aromatic heterocycles. The molecule has 4 heteroatoms. The van der Waals surface area contributed by atoms with Crippen LogP contribution < -0.4 is 0 Å². The van der Waals surface area contributed by atoms with Crippen molar-refractivity contribution in [1.82, 2.24) is 0 Å². The molecule has 0 amide bonds. The Bertz CT molecular complexity index is 82.6. The van der Waals surface area contributed by atoms with Crippen LogP contribution in [0.25, 0.3) is 0 Å². The molecule has 0 aromatic carbocycles. The highest BCUT2D eigenvalue weighted by molar-refractivity contribution is 7.64. The zero-order chi connectivity index (χ0) is 6.24. The van der Waals surface area contributed by atoms with Gasteiger partial charge >= 0.3 is 0 Å². The average Bonchev–Trinajstić information content (AvgIpc) is 1.81. The molecule has 0 N–H and O–H groups in total. The van der Waals surface area contributed by atoms with Crippen LogP contribution in [0.2, 0.25) is 0 Å². The Hall–Kier alpha value is 0.170. The first-order valence-corrected chi connectivity index (χ1v) is 4.18. The quantitative estimate of drug-likeness (QED) is 0.455. The second kappa shape index (κ2) is 7.17. The maximum absolute atomic E-state index is 8.03. The summed E-state index contributed by atoms with van der Waals surface area (Å²) in [6, 6.07) is 2.01. The molecule has 2 nitrogen and oxygen atoms in total. The van der Waals surface area contributed by atoms with E-state index in [-0.39, 0.29) is 8.16 Å². The van der Waals surface area contributed by atoms with Gasteiger partial charge in [0.15, 0.2) is 0 Å². The maximum Gasteiger partial charge on any atom is 0.110 e. The lowest BCUT2D eigenvalue weighted by molar-refractivity contribution is 0.362. The van der Waals surface area contributed by atoms with Crippen LogP contribution in [0.4, 0.5) is 0 Å². The third-order valence-electron chi connectivity index (χ3n) is 0.590. The lowest BCUT2D eigenvalue weighted by Gasteiger charge is -1.91. The van der Waals surface area contributed by atoms with Gasteiger partial charge < -0.3 is 4.52 Å². The Labute approximate surface area is 55.4 Å². The minimum atomic E-state index is 0.0319. The molecule has 0 saturated carbocycles. The van der Waals surface area contributed by atoms with Crippen molar-refractivity contribution in [2.24, 2.45) is 0 Å². The van der Waals surface area contributed by atoms with E-state index < -0.39 is 0 Å². The second-order valence-electron chi connectivity index (χ2n) is 1.19. The Morgan fingerprint density at radius 2 is 2.50 bits per heavy atom. The van der Waals surface area contributed by atoms with Crippen molar-refractivity contribution >= 4 is 19.4 Å². The van der Waals surface area contributed by atoms with Crippen LogP contribution in [0.15, 0.2) is 0 Å². The van der Waals surface area contributed by atoms with Crippen LogP contribution in [0.5, 0.6) is 0 Å². The molecule has 1 atom stereocenters. The SMILES string of the molecule is N#CCCCOPCl. The summed E-state index contributed by atoms with van der Waals surface area (Å²) in [6.45, 7) is 0.607. The highest BCUT2D eigenvalue weighted by Gasteiger charge is 1.83. The first-order valence-electron chi connectivity index (χ1n) is 2.26. The van der Waals surface area contributed by atoms with Gasteiger partial charge in [0.1, 0.15) is 8.16 Å². The fraction of sp³-hybridized carbons (Fsp3) is 0.750. The van der Waals surface area contributed by atoms with Crippen molar-refractivity contribution < 1.29 is 4.52 Å². The van der Waals surface area contributed by atoms with E-state index >= 15 is 0 Å². The van der Waals surface area contributed by atoms with Gasteiger partial charge in [0.2, 0.25) is 0 Å². The first kappa shape index (κ1) is 8.17. The van der Waals surface area contributed by atoms with E-state index in [0.29, 0.717) is 13.0 Å². The molecule has 0 bridgehead atoms. The highest BCUT2D eigenvalue weighted by atomic mass is 35.7. The molecular weight excluding hydrogens is 144 g/mol. The van der Waals surface area contributed by atoms with Crippen LogP contribution in [-0.2, 0) is 4.52 Å². The second-order valence-corrected chi connectivity index (χ2v) is 2.09. The Morgan fingerprint density at radius 1 is 1.75 bits per heavy atom. The monoisotopic (exact) mass is 151 g/mol. The molecule has 0 heterocycles. The van der Waals surface area contributed by atoms with E-state index in [1.807, 2.05) is 6.07 Å². The third-order valence-corrected chi connectivity index (χ3v) is 1.23. The fourth-order valence-electron chi connectivity index (χ4n) is 0.262. The molecule has 0 aliphatic rings. The number of nitrogens with zero attached hydrogens (tertiary/aromatic N) is 1. The van der Waals surface area contributed by atoms with E-state index in [1.54, 1.807) is 0 Å². The predicted octanol–water partition coefficient (Wildman–Crippen LogP) is 2.05. The number of hydrogen-bond donors (Lipinski definition) is 0. The topological polar surface area (TPSA) is 33.0 Å². The molecule has 0 spiro atoms. The highest BCUT2D eigenvalue weighted by Crippen LogP contribution is 2.16. The molecule has 0 aliphatic carbocycles. The van der Waals surface area contributed by atoms with Gasteiger partial charge in [-0.25, -0.2) is 0 Å². The number of unbranched alkanes of at least 4 members (excludes halogenated alkanes) is 1. The summed E-state index contributed by atoms with van der Waals surface area (Å²) in [5.41, 5.74) is 0. The van der Waals surface area contributed by atoms with E-state index in [1.165, 1.54) is 0 Å². The van der Waals surface area contributed by atoms with Crippen molar-refractivity contribution in [3.05, 3.63) is 0 Å². The van der Waals surface area contributed by atoms with E-state index in [2.05, 4.69) is 0 Å². The third kappa shape index (κ3) is 6.17. The summed E-state index contributed by atoms with van der Waals surface area (Å²) >= 11 is 5.20. The average molecular weight is 152 g/mol. The number of hydrogen-bond acceptors (Lipinski definition) is 2. The van der Waals surface area contributed by atoms with Crippen molar-refractivity contribution in [2.45, 2.75) is 12.8 Å². The molecule has 0 rings (SSSR count). The first-order chi connectivity index (χ1) is 3.91. The molecule has 8 heavy (non-hydrogen) atoms. The zero-order valence-corrected chi connectivity index (χ0v) is 6.11. The molecule has 46 valence electrons. The summed E-state index contributed by atoms with van der Waals surface area (Å²) < 4.78 is 4.78. The molecule has 0 fully saturated rings. The lowest BCUT2D eigenvalue weighted by atomic mass is 10.4. The van der Waals surface area contributed by atoms with E-state index in [9.17, 15) is 0 Å². The van der Waals surface area contributed by atoms with Gasteiger partial charge in [-0.2, -0.15) is 5.26 Å². The smallest absolute Gasteiger partial charge is 0.110 e. The summed E-state index contributed by atoms with van der Waals surface area (Å²) in [4.78, 5) is 0. The normalized spacial score (nSPS) is 10.0. The van der Waals surface area contributed by atoms with E-state index in [4.69, 9.17) is 21.0 Å². The van der Waals surface area contributed by atoms with Gasteiger partial charge in [-0.1, -0.05) is 11.2 Å². The fourth-order valence-corrected chi connectivity index (χ4v) is 0.715. The van der Waals surface area contributed by atoms with Crippen molar-refractivity contribution in [3.63, 3.8) is 0 Å². The largest absolute Gasteiger partial charge is 0.346 e. The van der Waals surface area contributed by atoms with Crippen LogP contribution in [-0.4, -0.2) is 6.61 Å². The van der Waals surface area contributed by atoms with Gasteiger partial charge in [-0.3, -0.25) is 0 Å². The predicted molar refractivity (Wildman–Crippen MR) is 35.0 cm³/mol. The minimum Gasteiger partial charge on any atom is -0.346 e. The number of rotatable bonds is 4. The molecular formula is C4H7ClNOP. The number of halogens is 1. The summed E-state index contributed by atoms with van der Waals surface area (Å²) in [6.07, 6.45) is 1.34. The van der Waals surface area contributed by atoms with Crippen molar-refractivity contribution in [1.29, 1.82) is 5.26 Å². The Balaban J connectivity index is 2.65. The molecule has 0 radical (unpaired) electrons. The van der Waals surface area contributed by atoms with Gasteiger partial charge in [-0.15, -0.1) is 0 Å². The summed E-state index contributed by atoms with van der Waals surface area (Å²) in [5, 5.41) is 8.03. The van der Waals surface area contributed by atoms with Gasteiger partial charge in [0.25, 0.3) is 0 Å². The number of nitriles is 1. The van der Waals surface area contributed by atoms with Gasteiger partial charge in [-0.05, 0) is 6.42 Å². The summed E-state index contributed by atoms with van der Waals surface area (Å²) in [5.74, 6) is 0. The Kier molecular flexibility index (Phi) is 7.32. The van der Waals surface area contributed by atoms with Crippen molar-refractivity contribution in [3.8, 4) is 6.07 Å². The minimum absolute atomic E-state index is 0.0319. The standard InChI is InChI=1S/C4H7ClNOP/c5-8-7-4-2-1-3-6/h8H,1-2,4H2. The van der Waals surface area contributed by atoms with Gasteiger partial charge in [0, 0.05) is 6.42 Å². The molecule has 0 aromatic rings. The molecule has 1 unspecified atom stereocenters. The zero-order valence-electron chi connectivity index (χ0n) is 4.35. The van der Waals surface area contributed by atoms with Crippen LogP contribution >= 0.6 is 19.4 Å². The molecule has 0 saturated heterocycles. The van der Waals surface area contributed by atoms with Gasteiger partial charge in [0.05, 0.1) is 12.7 Å². The Morgan fingerprint density at radius 3 is 3.00 bits per heavy atom. The van der Waals surface area contributed by atoms with E-state index in [0.717, 1.165) is 6.42 Å². The maximum atomic E-state index is 8.03. The lowest BCUT2D eigenvalue weighted by Crippen LogP contribution is -1.81. The molecule has 0 aliphatic heterocycles. The van der Waals surface area contributed by atoms with Crippen LogP contribution in [0.3, 0.4) is 0 Å². The summed E-state index contributed by atoms with van der Waals surface area (Å²) in [7, 11) is 0.0319. The van der Waals surface area contributed by atoms with Crippen LogP contribution in [0.1, 0.15) is 12.8 Å².